The van der Waals surface area contributed by atoms with E-state index in [1.807, 2.05) is 18.2 Å². The average Bonchev–Trinajstić information content (AvgIpc) is 2.61. The first-order chi connectivity index (χ1) is 6.63. The van der Waals surface area contributed by atoms with E-state index >= 15 is 0 Å². The quantitative estimate of drug-likeness (QED) is 0.722. The fraction of sp³-hybridized carbons (Fsp3) is 0.222. The van der Waals surface area contributed by atoms with Crippen molar-refractivity contribution < 1.29 is 8.63 Å². The minimum Gasteiger partial charge on any atom is -0.429 e. The topological polar surface area (TPSA) is 55.5 Å². The summed E-state index contributed by atoms with van der Waals surface area (Å²) in [6, 6.07) is 7.30. The molecule has 0 aliphatic carbocycles. The highest BCUT2D eigenvalue weighted by Gasteiger charge is 2.13. The lowest BCUT2D eigenvalue weighted by Crippen LogP contribution is -1.96. The van der Waals surface area contributed by atoms with Gasteiger partial charge in [-0.1, -0.05) is 12.1 Å². The summed E-state index contributed by atoms with van der Waals surface area (Å²) in [6.45, 7) is 0. The molecule has 0 N–H and O–H groups in total. The van der Waals surface area contributed by atoms with E-state index in [9.17, 15) is 4.21 Å². The van der Waals surface area contributed by atoms with Gasteiger partial charge in [0.25, 0.3) is 5.22 Å². The van der Waals surface area contributed by atoms with Crippen molar-refractivity contribution >= 4 is 20.8 Å². The summed E-state index contributed by atoms with van der Waals surface area (Å²) >= 11 is 0. The van der Waals surface area contributed by atoms with E-state index in [-0.39, 0.29) is 5.22 Å². The molecule has 0 saturated carbocycles. The SMILES string of the molecule is CN=[S@@](C)(=O)c1nc2ccccc2o1. The Morgan fingerprint density at radius 2 is 2.14 bits per heavy atom. The van der Waals surface area contributed by atoms with Gasteiger partial charge in [-0.05, 0) is 12.1 Å². The Morgan fingerprint density at radius 3 is 2.79 bits per heavy atom. The molecule has 0 spiro atoms. The van der Waals surface area contributed by atoms with Crippen LogP contribution in [0.15, 0.2) is 38.3 Å². The number of fused-ring (bicyclic) bond motifs is 1. The van der Waals surface area contributed by atoms with Crippen LogP contribution in [0.2, 0.25) is 0 Å². The van der Waals surface area contributed by atoms with E-state index in [4.69, 9.17) is 4.42 Å². The summed E-state index contributed by atoms with van der Waals surface area (Å²) in [5.74, 6) is 0. The second kappa shape index (κ2) is 3.09. The standard InChI is InChI=1S/C9H10N2O2S/c1-10-14(2,12)9-11-7-5-3-4-6-8(7)13-9/h3-6H,1-2H3/t14-/m0/s1. The van der Waals surface area contributed by atoms with E-state index in [1.165, 1.54) is 13.3 Å². The molecular formula is C9H10N2O2S. The van der Waals surface area contributed by atoms with E-state index in [0.29, 0.717) is 11.1 Å². The van der Waals surface area contributed by atoms with Crippen molar-refractivity contribution in [3.63, 3.8) is 0 Å². The number of rotatable bonds is 1. The van der Waals surface area contributed by atoms with Crippen molar-refractivity contribution in [1.82, 2.24) is 4.98 Å². The maximum absolute atomic E-state index is 11.8. The van der Waals surface area contributed by atoms with E-state index in [2.05, 4.69) is 9.35 Å². The van der Waals surface area contributed by atoms with Crippen LogP contribution in [0.1, 0.15) is 0 Å². The van der Waals surface area contributed by atoms with Gasteiger partial charge >= 0.3 is 0 Å². The largest absolute Gasteiger partial charge is 0.429 e. The predicted octanol–water partition coefficient (Wildman–Crippen LogP) is 1.91. The third-order valence-corrected chi connectivity index (χ3v) is 3.47. The van der Waals surface area contributed by atoms with Gasteiger partial charge in [0, 0.05) is 13.3 Å². The maximum atomic E-state index is 11.8. The number of hydrogen-bond acceptors (Lipinski definition) is 4. The molecular weight excluding hydrogens is 200 g/mol. The van der Waals surface area contributed by atoms with Gasteiger partial charge in [-0.25, -0.2) is 13.6 Å². The summed E-state index contributed by atoms with van der Waals surface area (Å²) in [5, 5.41) is 0.196. The molecule has 0 saturated heterocycles. The maximum Gasteiger partial charge on any atom is 0.296 e. The van der Waals surface area contributed by atoms with Gasteiger partial charge in [0.2, 0.25) is 0 Å². The summed E-state index contributed by atoms with van der Waals surface area (Å²) in [5.41, 5.74) is 1.35. The Balaban J connectivity index is 2.74. The Morgan fingerprint density at radius 1 is 1.43 bits per heavy atom. The zero-order chi connectivity index (χ0) is 10.2. The molecule has 0 aliphatic heterocycles. The number of oxazole rings is 1. The Bertz CT molecular complexity index is 546. The molecule has 5 heteroatoms. The van der Waals surface area contributed by atoms with Crippen LogP contribution in [-0.2, 0) is 9.73 Å². The number of nitrogens with zero attached hydrogens (tertiary/aromatic N) is 2. The van der Waals surface area contributed by atoms with Crippen molar-refractivity contribution in [1.29, 1.82) is 0 Å². The minimum absolute atomic E-state index is 0.196. The second-order valence-electron chi connectivity index (χ2n) is 2.93. The summed E-state index contributed by atoms with van der Waals surface area (Å²) in [6.07, 6.45) is 1.51. The van der Waals surface area contributed by atoms with Gasteiger partial charge in [0.1, 0.15) is 15.2 Å². The van der Waals surface area contributed by atoms with Crippen molar-refractivity contribution in [2.24, 2.45) is 4.36 Å². The van der Waals surface area contributed by atoms with Gasteiger partial charge in [0.05, 0.1) is 0 Å². The Labute approximate surface area is 82.1 Å². The molecule has 2 aromatic rings. The summed E-state index contributed by atoms with van der Waals surface area (Å²) in [4.78, 5) is 4.12. The molecule has 1 heterocycles. The van der Waals surface area contributed by atoms with Crippen molar-refractivity contribution in [2.75, 3.05) is 13.3 Å². The van der Waals surface area contributed by atoms with Gasteiger partial charge in [-0.15, -0.1) is 0 Å². The lowest BCUT2D eigenvalue weighted by molar-refractivity contribution is 0.476. The smallest absolute Gasteiger partial charge is 0.296 e. The molecule has 1 aromatic carbocycles. The zero-order valence-corrected chi connectivity index (χ0v) is 8.75. The van der Waals surface area contributed by atoms with Gasteiger partial charge < -0.3 is 4.42 Å². The molecule has 1 aromatic heterocycles. The third kappa shape index (κ3) is 1.39. The van der Waals surface area contributed by atoms with Gasteiger partial charge in [-0.2, -0.15) is 0 Å². The first-order valence-electron chi connectivity index (χ1n) is 4.09. The van der Waals surface area contributed by atoms with Crippen LogP contribution < -0.4 is 0 Å². The summed E-state index contributed by atoms with van der Waals surface area (Å²) in [7, 11) is -0.966. The van der Waals surface area contributed by atoms with Crippen LogP contribution in [0.5, 0.6) is 0 Å². The molecule has 14 heavy (non-hydrogen) atoms. The highest BCUT2D eigenvalue weighted by Crippen LogP contribution is 2.18. The molecule has 4 nitrogen and oxygen atoms in total. The van der Waals surface area contributed by atoms with Crippen LogP contribution in [0, 0.1) is 0 Å². The molecule has 0 bridgehead atoms. The molecule has 2 rings (SSSR count). The number of hydrogen-bond donors (Lipinski definition) is 0. The first-order valence-corrected chi connectivity index (χ1v) is 6.01. The van der Waals surface area contributed by atoms with Crippen LogP contribution in [0.4, 0.5) is 0 Å². The van der Waals surface area contributed by atoms with E-state index in [0.717, 1.165) is 0 Å². The molecule has 0 unspecified atom stereocenters. The molecule has 0 fully saturated rings. The zero-order valence-electron chi connectivity index (χ0n) is 7.93. The molecule has 0 amide bonds. The normalized spacial score (nSPS) is 15.3. The highest BCUT2D eigenvalue weighted by molar-refractivity contribution is 7.92. The van der Waals surface area contributed by atoms with Crippen molar-refractivity contribution in [2.45, 2.75) is 5.22 Å². The number of benzene rings is 1. The van der Waals surface area contributed by atoms with Crippen LogP contribution in [0.25, 0.3) is 11.1 Å². The van der Waals surface area contributed by atoms with Gasteiger partial charge in [0.15, 0.2) is 5.58 Å². The van der Waals surface area contributed by atoms with Crippen LogP contribution in [0.3, 0.4) is 0 Å². The van der Waals surface area contributed by atoms with Crippen molar-refractivity contribution in [3.8, 4) is 0 Å². The predicted molar refractivity (Wildman–Crippen MR) is 54.7 cm³/mol. The number of para-hydroxylation sites is 2. The van der Waals surface area contributed by atoms with E-state index in [1.54, 1.807) is 6.07 Å². The average molecular weight is 210 g/mol. The molecule has 1 atom stereocenters. The first kappa shape index (κ1) is 9.21. The van der Waals surface area contributed by atoms with Gasteiger partial charge in [-0.3, -0.25) is 0 Å². The lowest BCUT2D eigenvalue weighted by atomic mass is 10.3. The molecule has 0 aliphatic rings. The fourth-order valence-corrected chi connectivity index (χ4v) is 1.76. The molecule has 0 radical (unpaired) electrons. The summed E-state index contributed by atoms with van der Waals surface area (Å²) < 4.78 is 20.9. The van der Waals surface area contributed by atoms with Crippen molar-refractivity contribution in [3.05, 3.63) is 24.3 Å². The Hall–Kier alpha value is -1.36. The minimum atomic E-state index is -2.46. The monoisotopic (exact) mass is 210 g/mol. The lowest BCUT2D eigenvalue weighted by Gasteiger charge is -1.93. The fourth-order valence-electron chi connectivity index (χ4n) is 1.09. The van der Waals surface area contributed by atoms with E-state index < -0.39 is 9.73 Å². The van der Waals surface area contributed by atoms with Crippen LogP contribution >= 0.6 is 0 Å². The highest BCUT2D eigenvalue weighted by atomic mass is 32.2. The number of aromatic nitrogens is 1. The second-order valence-corrected chi connectivity index (χ2v) is 5.25. The Kier molecular flexibility index (Phi) is 2.03. The third-order valence-electron chi connectivity index (χ3n) is 1.95. The molecule has 74 valence electrons. The van der Waals surface area contributed by atoms with Crippen LogP contribution in [-0.4, -0.2) is 22.5 Å².